The van der Waals surface area contributed by atoms with Crippen molar-refractivity contribution in [3.63, 3.8) is 0 Å². The molecule has 2 nitrogen and oxygen atoms in total. The van der Waals surface area contributed by atoms with E-state index in [-0.39, 0.29) is 11.9 Å². The number of benzene rings is 2. The van der Waals surface area contributed by atoms with E-state index in [1.54, 1.807) is 24.3 Å². The fourth-order valence-corrected chi connectivity index (χ4v) is 2.45. The summed E-state index contributed by atoms with van der Waals surface area (Å²) in [5.41, 5.74) is 6.67. The van der Waals surface area contributed by atoms with Gasteiger partial charge in [0.25, 0.3) is 0 Å². The molecule has 2 aromatic rings. The summed E-state index contributed by atoms with van der Waals surface area (Å²) in [7, 11) is 0. The molecule has 0 aliphatic heterocycles. The van der Waals surface area contributed by atoms with Gasteiger partial charge in [0.1, 0.15) is 17.3 Å². The van der Waals surface area contributed by atoms with E-state index in [2.05, 4.69) is 0 Å². The topological polar surface area (TPSA) is 35.2 Å². The van der Waals surface area contributed by atoms with Crippen molar-refractivity contribution >= 4 is 23.2 Å². The highest BCUT2D eigenvalue weighted by Gasteiger charge is 2.11. The van der Waals surface area contributed by atoms with Crippen molar-refractivity contribution in [1.29, 1.82) is 0 Å². The highest BCUT2D eigenvalue weighted by molar-refractivity contribution is 6.34. The second-order valence-corrected chi connectivity index (χ2v) is 5.70. The highest BCUT2D eigenvalue weighted by Crippen LogP contribution is 2.31. The van der Waals surface area contributed by atoms with Gasteiger partial charge in [0.2, 0.25) is 0 Å². The quantitative estimate of drug-likeness (QED) is 0.818. The van der Waals surface area contributed by atoms with Gasteiger partial charge in [-0.05, 0) is 54.8 Å². The molecule has 2 rings (SSSR count). The predicted molar refractivity (Wildman–Crippen MR) is 84.9 cm³/mol. The van der Waals surface area contributed by atoms with Crippen molar-refractivity contribution in [2.24, 2.45) is 5.73 Å². The Hall–Kier alpha value is -1.29. The molecular formula is C16H16Cl2FNO. The molecule has 0 aromatic heterocycles. The number of hydrogen-bond acceptors (Lipinski definition) is 2. The minimum atomic E-state index is -0.315. The number of ether oxygens (including phenoxy) is 1. The van der Waals surface area contributed by atoms with E-state index in [4.69, 9.17) is 33.7 Å². The first-order chi connectivity index (χ1) is 9.97. The maximum atomic E-state index is 13.4. The summed E-state index contributed by atoms with van der Waals surface area (Å²) < 4.78 is 19.2. The molecule has 0 aliphatic carbocycles. The van der Waals surface area contributed by atoms with E-state index < -0.39 is 0 Å². The van der Waals surface area contributed by atoms with Gasteiger partial charge in [-0.3, -0.25) is 0 Å². The average Bonchev–Trinajstić information content (AvgIpc) is 2.40. The molecule has 2 N–H and O–H groups in total. The first-order valence-electron chi connectivity index (χ1n) is 6.66. The molecule has 0 heterocycles. The smallest absolute Gasteiger partial charge is 0.130 e. The zero-order valence-electron chi connectivity index (χ0n) is 11.6. The Morgan fingerprint density at radius 1 is 1.14 bits per heavy atom. The van der Waals surface area contributed by atoms with Crippen LogP contribution in [0.2, 0.25) is 10.0 Å². The van der Waals surface area contributed by atoms with Gasteiger partial charge in [0, 0.05) is 16.1 Å². The van der Waals surface area contributed by atoms with Crippen LogP contribution < -0.4 is 10.5 Å². The SMILES string of the molecule is CCC(N)Cc1cc(F)ccc1Oc1cc(Cl)cc(Cl)c1. The zero-order valence-corrected chi connectivity index (χ0v) is 13.1. The Labute approximate surface area is 133 Å². The minimum Gasteiger partial charge on any atom is -0.457 e. The van der Waals surface area contributed by atoms with E-state index in [1.165, 1.54) is 12.1 Å². The monoisotopic (exact) mass is 327 g/mol. The van der Waals surface area contributed by atoms with Gasteiger partial charge in [-0.1, -0.05) is 30.1 Å². The maximum absolute atomic E-state index is 13.4. The Bertz CT molecular complexity index is 613. The van der Waals surface area contributed by atoms with Crippen molar-refractivity contribution in [2.45, 2.75) is 25.8 Å². The van der Waals surface area contributed by atoms with E-state index in [0.29, 0.717) is 28.0 Å². The van der Waals surface area contributed by atoms with Crippen LogP contribution in [0.3, 0.4) is 0 Å². The molecule has 0 aliphatic rings. The van der Waals surface area contributed by atoms with Gasteiger partial charge in [-0.25, -0.2) is 4.39 Å². The van der Waals surface area contributed by atoms with Gasteiger partial charge in [0.15, 0.2) is 0 Å². The van der Waals surface area contributed by atoms with Crippen molar-refractivity contribution in [2.75, 3.05) is 0 Å². The summed E-state index contributed by atoms with van der Waals surface area (Å²) in [6.45, 7) is 1.99. The molecule has 1 atom stereocenters. The van der Waals surface area contributed by atoms with Gasteiger partial charge >= 0.3 is 0 Å². The van der Waals surface area contributed by atoms with E-state index in [9.17, 15) is 4.39 Å². The molecule has 5 heteroatoms. The summed E-state index contributed by atoms with van der Waals surface area (Å²) in [4.78, 5) is 0. The van der Waals surface area contributed by atoms with Gasteiger partial charge in [-0.15, -0.1) is 0 Å². The van der Waals surface area contributed by atoms with Crippen molar-refractivity contribution in [3.8, 4) is 11.5 Å². The third-order valence-corrected chi connectivity index (χ3v) is 3.53. The standard InChI is InChI=1S/C16H16Cl2FNO/c1-2-14(20)6-10-5-13(19)3-4-16(10)21-15-8-11(17)7-12(18)9-15/h3-5,7-9,14H,2,6,20H2,1H3. The molecule has 2 aromatic carbocycles. The van der Waals surface area contributed by atoms with Gasteiger partial charge < -0.3 is 10.5 Å². The van der Waals surface area contributed by atoms with Gasteiger partial charge in [0.05, 0.1) is 0 Å². The fraction of sp³-hybridized carbons (Fsp3) is 0.250. The number of hydrogen-bond donors (Lipinski definition) is 1. The molecular weight excluding hydrogens is 312 g/mol. The first-order valence-corrected chi connectivity index (χ1v) is 7.41. The zero-order chi connectivity index (χ0) is 15.4. The lowest BCUT2D eigenvalue weighted by atomic mass is 10.0. The molecule has 0 saturated carbocycles. The van der Waals surface area contributed by atoms with Crippen molar-refractivity contribution < 1.29 is 9.13 Å². The summed E-state index contributed by atoms with van der Waals surface area (Å²) in [5.74, 6) is 0.744. The molecule has 0 fully saturated rings. The van der Waals surface area contributed by atoms with Crippen molar-refractivity contribution in [3.05, 3.63) is 57.8 Å². The largest absolute Gasteiger partial charge is 0.457 e. The molecule has 0 radical (unpaired) electrons. The molecule has 21 heavy (non-hydrogen) atoms. The predicted octanol–water partition coefficient (Wildman–Crippen LogP) is 5.20. The molecule has 0 saturated heterocycles. The van der Waals surface area contributed by atoms with Crippen LogP contribution in [0.15, 0.2) is 36.4 Å². The molecule has 112 valence electrons. The summed E-state index contributed by atoms with van der Waals surface area (Å²) in [6.07, 6.45) is 1.34. The Morgan fingerprint density at radius 3 is 2.43 bits per heavy atom. The molecule has 1 unspecified atom stereocenters. The normalized spacial score (nSPS) is 12.2. The van der Waals surface area contributed by atoms with Crippen LogP contribution >= 0.6 is 23.2 Å². The Morgan fingerprint density at radius 2 is 1.81 bits per heavy atom. The van der Waals surface area contributed by atoms with Crippen LogP contribution in [0.5, 0.6) is 11.5 Å². The average molecular weight is 328 g/mol. The lowest BCUT2D eigenvalue weighted by Gasteiger charge is -2.14. The first kappa shape index (κ1) is 16.1. The third kappa shape index (κ3) is 4.60. The van der Waals surface area contributed by atoms with E-state index in [0.717, 1.165) is 12.0 Å². The Balaban J connectivity index is 2.30. The van der Waals surface area contributed by atoms with Crippen LogP contribution in [0.4, 0.5) is 4.39 Å². The molecule has 0 bridgehead atoms. The summed E-state index contributed by atoms with van der Waals surface area (Å²) in [6, 6.07) is 9.26. The van der Waals surface area contributed by atoms with Crippen LogP contribution in [0.25, 0.3) is 0 Å². The van der Waals surface area contributed by atoms with Crippen LogP contribution in [0, 0.1) is 5.82 Å². The van der Waals surface area contributed by atoms with Crippen LogP contribution in [-0.2, 0) is 6.42 Å². The van der Waals surface area contributed by atoms with Crippen LogP contribution in [-0.4, -0.2) is 6.04 Å². The number of halogens is 3. The lowest BCUT2D eigenvalue weighted by Crippen LogP contribution is -2.21. The fourth-order valence-electron chi connectivity index (χ4n) is 1.95. The molecule has 0 spiro atoms. The third-order valence-electron chi connectivity index (χ3n) is 3.09. The van der Waals surface area contributed by atoms with Crippen molar-refractivity contribution in [1.82, 2.24) is 0 Å². The Kier molecular flexibility index (Phi) is 5.45. The second-order valence-electron chi connectivity index (χ2n) is 4.83. The minimum absolute atomic E-state index is 0.0444. The van der Waals surface area contributed by atoms with Crippen LogP contribution in [0.1, 0.15) is 18.9 Å². The molecule has 0 amide bonds. The summed E-state index contributed by atoms with van der Waals surface area (Å²) >= 11 is 11.9. The van der Waals surface area contributed by atoms with E-state index >= 15 is 0 Å². The number of nitrogens with two attached hydrogens (primary N) is 1. The lowest BCUT2D eigenvalue weighted by molar-refractivity contribution is 0.469. The second kappa shape index (κ2) is 7.12. The number of rotatable bonds is 5. The van der Waals surface area contributed by atoms with Gasteiger partial charge in [-0.2, -0.15) is 0 Å². The maximum Gasteiger partial charge on any atom is 0.130 e. The summed E-state index contributed by atoms with van der Waals surface area (Å²) in [5, 5.41) is 0.956. The van der Waals surface area contributed by atoms with E-state index in [1.807, 2.05) is 6.92 Å². The highest BCUT2D eigenvalue weighted by atomic mass is 35.5.